The molecule has 0 saturated carbocycles. The van der Waals surface area contributed by atoms with E-state index in [9.17, 15) is 14.4 Å². The third-order valence-corrected chi connectivity index (χ3v) is 4.11. The van der Waals surface area contributed by atoms with Gasteiger partial charge in [-0.3, -0.25) is 10.1 Å². The van der Waals surface area contributed by atoms with Gasteiger partial charge in [0.2, 0.25) is 0 Å². The van der Waals surface area contributed by atoms with E-state index in [1.165, 1.54) is 6.92 Å². The van der Waals surface area contributed by atoms with Crippen LogP contribution >= 0.6 is 0 Å². The number of carbonyl (C=O) groups is 3. The molecular formula is C22H26N2O5. The molecule has 0 radical (unpaired) electrons. The number of rotatable bonds is 8. The van der Waals surface area contributed by atoms with Crippen molar-refractivity contribution in [2.24, 2.45) is 0 Å². The van der Waals surface area contributed by atoms with Crippen LogP contribution in [0.1, 0.15) is 37.8 Å². The summed E-state index contributed by atoms with van der Waals surface area (Å²) >= 11 is 0. The molecular weight excluding hydrogens is 372 g/mol. The Morgan fingerprint density at radius 3 is 2.21 bits per heavy atom. The zero-order valence-corrected chi connectivity index (χ0v) is 16.8. The molecule has 1 atom stereocenters. The SMILES string of the molecule is CC(C)c1ccc(OCC(=O)O[C@@H](C)C(=O)NC(=O)NCc2ccccc2)cc1. The maximum Gasteiger partial charge on any atom is 0.344 e. The second kappa shape index (κ2) is 10.8. The molecule has 0 unspecified atom stereocenters. The number of imide groups is 1. The standard InChI is InChI=1S/C22H26N2O5/c1-15(2)18-9-11-19(12-10-18)28-14-20(25)29-16(3)21(26)24-22(27)23-13-17-7-5-4-6-8-17/h4-12,15-16H,13-14H2,1-3H3,(H2,23,24,26,27)/t16-/m0/s1. The number of esters is 1. The van der Waals surface area contributed by atoms with Crippen molar-refractivity contribution >= 4 is 17.9 Å². The molecule has 0 aromatic heterocycles. The van der Waals surface area contributed by atoms with Crippen LogP contribution in [0.4, 0.5) is 4.79 Å². The quantitative estimate of drug-likeness (QED) is 0.666. The van der Waals surface area contributed by atoms with Crippen molar-refractivity contribution in [3.05, 3.63) is 65.7 Å². The minimum Gasteiger partial charge on any atom is -0.482 e. The molecule has 2 N–H and O–H groups in total. The Bertz CT molecular complexity index is 819. The molecule has 0 aliphatic carbocycles. The van der Waals surface area contributed by atoms with Gasteiger partial charge in [-0.25, -0.2) is 9.59 Å². The number of ether oxygens (including phenoxy) is 2. The van der Waals surface area contributed by atoms with Crippen molar-refractivity contribution in [3.63, 3.8) is 0 Å². The molecule has 7 heteroatoms. The monoisotopic (exact) mass is 398 g/mol. The van der Waals surface area contributed by atoms with Gasteiger partial charge < -0.3 is 14.8 Å². The Kier molecular flexibility index (Phi) is 8.21. The van der Waals surface area contributed by atoms with Gasteiger partial charge in [0.1, 0.15) is 5.75 Å². The third-order valence-electron chi connectivity index (χ3n) is 4.11. The highest BCUT2D eigenvalue weighted by Crippen LogP contribution is 2.18. The average molecular weight is 398 g/mol. The predicted molar refractivity (Wildman–Crippen MR) is 108 cm³/mol. The minimum atomic E-state index is -1.13. The van der Waals surface area contributed by atoms with Crippen LogP contribution in [0.3, 0.4) is 0 Å². The summed E-state index contributed by atoms with van der Waals surface area (Å²) in [7, 11) is 0. The van der Waals surface area contributed by atoms with Crippen molar-refractivity contribution in [2.45, 2.75) is 39.3 Å². The molecule has 3 amide bonds. The highest BCUT2D eigenvalue weighted by atomic mass is 16.6. The highest BCUT2D eigenvalue weighted by molar-refractivity contribution is 5.97. The second-order valence-electron chi connectivity index (χ2n) is 6.80. The van der Waals surface area contributed by atoms with Gasteiger partial charge >= 0.3 is 12.0 Å². The van der Waals surface area contributed by atoms with E-state index < -0.39 is 24.0 Å². The largest absolute Gasteiger partial charge is 0.482 e. The van der Waals surface area contributed by atoms with Crippen LogP contribution in [-0.2, 0) is 20.9 Å². The number of amides is 3. The minimum absolute atomic E-state index is 0.275. The first kappa shape index (κ1) is 21.9. The lowest BCUT2D eigenvalue weighted by molar-refractivity contribution is -0.156. The number of hydrogen-bond acceptors (Lipinski definition) is 5. The van der Waals surface area contributed by atoms with Crippen molar-refractivity contribution in [1.29, 1.82) is 0 Å². The maximum absolute atomic E-state index is 12.0. The second-order valence-corrected chi connectivity index (χ2v) is 6.80. The van der Waals surface area contributed by atoms with Gasteiger partial charge in [0, 0.05) is 6.54 Å². The number of urea groups is 1. The molecule has 7 nitrogen and oxygen atoms in total. The van der Waals surface area contributed by atoms with Gasteiger partial charge in [-0.1, -0.05) is 56.3 Å². The summed E-state index contributed by atoms with van der Waals surface area (Å²) in [5, 5.41) is 4.70. The van der Waals surface area contributed by atoms with E-state index in [-0.39, 0.29) is 13.2 Å². The van der Waals surface area contributed by atoms with E-state index in [4.69, 9.17) is 9.47 Å². The Labute approximate surface area is 170 Å². The van der Waals surface area contributed by atoms with E-state index in [1.54, 1.807) is 12.1 Å². The number of nitrogens with one attached hydrogen (secondary N) is 2. The van der Waals surface area contributed by atoms with E-state index in [0.29, 0.717) is 11.7 Å². The van der Waals surface area contributed by atoms with Crippen LogP contribution in [0.15, 0.2) is 54.6 Å². The Morgan fingerprint density at radius 1 is 0.931 bits per heavy atom. The molecule has 29 heavy (non-hydrogen) atoms. The Hall–Kier alpha value is -3.35. The van der Waals surface area contributed by atoms with Crippen molar-refractivity contribution in [1.82, 2.24) is 10.6 Å². The van der Waals surface area contributed by atoms with Crippen LogP contribution in [0.25, 0.3) is 0 Å². The molecule has 2 aromatic carbocycles. The lowest BCUT2D eigenvalue weighted by Gasteiger charge is -2.14. The summed E-state index contributed by atoms with van der Waals surface area (Å²) in [4.78, 5) is 35.7. The predicted octanol–water partition coefficient (Wildman–Crippen LogP) is 3.15. The molecule has 2 aromatic rings. The Balaban J connectivity index is 1.70. The van der Waals surface area contributed by atoms with Crippen LogP contribution in [0.2, 0.25) is 0 Å². The topological polar surface area (TPSA) is 93.7 Å². The zero-order valence-electron chi connectivity index (χ0n) is 16.8. The first-order valence-electron chi connectivity index (χ1n) is 9.40. The summed E-state index contributed by atoms with van der Waals surface area (Å²) in [5.41, 5.74) is 2.06. The summed E-state index contributed by atoms with van der Waals surface area (Å²) in [6, 6.07) is 16.0. The molecule has 0 aliphatic heterocycles. The number of benzene rings is 2. The molecule has 154 valence electrons. The molecule has 0 saturated heterocycles. The van der Waals surface area contributed by atoms with Gasteiger partial charge in [-0.2, -0.15) is 0 Å². The van der Waals surface area contributed by atoms with Crippen LogP contribution in [0, 0.1) is 0 Å². The van der Waals surface area contributed by atoms with Gasteiger partial charge in [0.15, 0.2) is 12.7 Å². The lowest BCUT2D eigenvalue weighted by atomic mass is 10.0. The van der Waals surface area contributed by atoms with Gasteiger partial charge in [-0.15, -0.1) is 0 Å². The maximum atomic E-state index is 12.0. The first-order chi connectivity index (χ1) is 13.8. The summed E-state index contributed by atoms with van der Waals surface area (Å²) in [5.74, 6) is -0.488. The smallest absolute Gasteiger partial charge is 0.344 e. The van der Waals surface area contributed by atoms with Gasteiger partial charge in [0.25, 0.3) is 5.91 Å². The molecule has 0 heterocycles. The Morgan fingerprint density at radius 2 is 1.59 bits per heavy atom. The number of hydrogen-bond donors (Lipinski definition) is 2. The van der Waals surface area contributed by atoms with Crippen molar-refractivity contribution in [2.75, 3.05) is 6.61 Å². The summed E-state index contributed by atoms with van der Waals surface area (Å²) in [6.45, 7) is 5.49. The molecule has 0 bridgehead atoms. The summed E-state index contributed by atoms with van der Waals surface area (Å²) in [6.07, 6.45) is -1.13. The molecule has 2 rings (SSSR count). The van der Waals surface area contributed by atoms with E-state index in [2.05, 4.69) is 24.5 Å². The summed E-state index contributed by atoms with van der Waals surface area (Å²) < 4.78 is 10.4. The molecule has 0 spiro atoms. The fourth-order valence-corrected chi connectivity index (χ4v) is 2.41. The van der Waals surface area contributed by atoms with Gasteiger partial charge in [0.05, 0.1) is 0 Å². The fraction of sp³-hybridized carbons (Fsp3) is 0.318. The van der Waals surface area contributed by atoms with E-state index in [1.807, 2.05) is 42.5 Å². The van der Waals surface area contributed by atoms with E-state index in [0.717, 1.165) is 11.1 Å². The molecule has 0 aliphatic rings. The third kappa shape index (κ3) is 7.65. The van der Waals surface area contributed by atoms with Crippen LogP contribution < -0.4 is 15.4 Å². The van der Waals surface area contributed by atoms with Crippen molar-refractivity contribution in [3.8, 4) is 5.75 Å². The normalized spacial score (nSPS) is 11.4. The fourth-order valence-electron chi connectivity index (χ4n) is 2.41. The van der Waals surface area contributed by atoms with E-state index >= 15 is 0 Å². The first-order valence-corrected chi connectivity index (χ1v) is 9.40. The van der Waals surface area contributed by atoms with Crippen LogP contribution in [-0.4, -0.2) is 30.6 Å². The number of carbonyl (C=O) groups excluding carboxylic acids is 3. The molecule has 0 fully saturated rings. The lowest BCUT2D eigenvalue weighted by Crippen LogP contribution is -2.44. The average Bonchev–Trinajstić information content (AvgIpc) is 2.71. The highest BCUT2D eigenvalue weighted by Gasteiger charge is 2.20. The van der Waals surface area contributed by atoms with Crippen molar-refractivity contribution < 1.29 is 23.9 Å². The van der Waals surface area contributed by atoms with Gasteiger partial charge in [-0.05, 0) is 36.1 Å². The zero-order chi connectivity index (χ0) is 21.2. The van der Waals surface area contributed by atoms with Crippen LogP contribution in [0.5, 0.6) is 5.75 Å².